The van der Waals surface area contributed by atoms with Crippen LogP contribution in [0.25, 0.3) is 0 Å². The molecule has 0 saturated carbocycles. The van der Waals surface area contributed by atoms with Crippen LogP contribution in [0.15, 0.2) is 54.6 Å². The van der Waals surface area contributed by atoms with Gasteiger partial charge in [0.05, 0.1) is 18.2 Å². The maximum Gasteiger partial charge on any atom is 0.232 e. The molecule has 2 aromatic carbocycles. The highest BCUT2D eigenvalue weighted by molar-refractivity contribution is 7.92. The molecule has 0 aliphatic carbocycles. The highest BCUT2D eigenvalue weighted by Gasteiger charge is 2.17. The van der Waals surface area contributed by atoms with Crippen LogP contribution in [0.3, 0.4) is 0 Å². The van der Waals surface area contributed by atoms with Gasteiger partial charge in [0.15, 0.2) is 0 Å². The van der Waals surface area contributed by atoms with Crippen molar-refractivity contribution in [2.45, 2.75) is 0 Å². The van der Waals surface area contributed by atoms with Gasteiger partial charge in [0.1, 0.15) is 11.5 Å². The van der Waals surface area contributed by atoms with Crippen molar-refractivity contribution < 1.29 is 21.6 Å². The van der Waals surface area contributed by atoms with Crippen molar-refractivity contribution >= 4 is 25.7 Å². The minimum absolute atomic E-state index is 0.00913. The van der Waals surface area contributed by atoms with Crippen molar-refractivity contribution in [3.8, 4) is 11.5 Å². The summed E-state index contributed by atoms with van der Waals surface area (Å²) in [4.78, 5) is 0. The maximum absolute atomic E-state index is 12.0. The van der Waals surface area contributed by atoms with Crippen LogP contribution in [0.1, 0.15) is 0 Å². The van der Waals surface area contributed by atoms with Gasteiger partial charge in [0, 0.05) is 13.1 Å². The van der Waals surface area contributed by atoms with E-state index in [1.54, 1.807) is 24.3 Å². The zero-order chi connectivity index (χ0) is 18.5. The van der Waals surface area contributed by atoms with Gasteiger partial charge in [0.25, 0.3) is 0 Å². The number of para-hydroxylation sites is 1. The number of nitrogens with one attached hydrogen (secondary N) is 1. The Labute approximate surface area is 148 Å². The van der Waals surface area contributed by atoms with Gasteiger partial charge in [-0.25, -0.2) is 21.6 Å². The fourth-order valence-electron chi connectivity index (χ4n) is 2.12. The van der Waals surface area contributed by atoms with Gasteiger partial charge in [-0.3, -0.25) is 4.31 Å². The number of benzene rings is 2. The lowest BCUT2D eigenvalue weighted by atomic mass is 10.3. The number of nitrogens with zero attached hydrogens (tertiary/aromatic N) is 1. The zero-order valence-electron chi connectivity index (χ0n) is 13.9. The van der Waals surface area contributed by atoms with Crippen molar-refractivity contribution in [2.75, 3.05) is 29.9 Å². The molecule has 9 heteroatoms. The second kappa shape index (κ2) is 7.85. The molecule has 0 unspecified atom stereocenters. The van der Waals surface area contributed by atoms with Gasteiger partial charge in [-0.05, 0) is 36.4 Å². The Bertz CT molecular complexity index is 895. The fourth-order valence-corrected chi connectivity index (χ4v) is 3.51. The van der Waals surface area contributed by atoms with Gasteiger partial charge in [-0.1, -0.05) is 18.2 Å². The third kappa shape index (κ3) is 6.37. The zero-order valence-corrected chi connectivity index (χ0v) is 15.5. The largest absolute Gasteiger partial charge is 0.457 e. The molecule has 0 atom stereocenters. The van der Waals surface area contributed by atoms with Crippen LogP contribution in [0, 0.1) is 0 Å². The van der Waals surface area contributed by atoms with Crippen LogP contribution < -0.4 is 13.8 Å². The normalized spacial score (nSPS) is 11.9. The summed E-state index contributed by atoms with van der Waals surface area (Å²) < 4.78 is 55.3. The topological polar surface area (TPSA) is 92.8 Å². The summed E-state index contributed by atoms with van der Waals surface area (Å²) in [6.07, 6.45) is 2.09. The highest BCUT2D eigenvalue weighted by atomic mass is 32.2. The first kappa shape index (κ1) is 19.2. The minimum Gasteiger partial charge on any atom is -0.457 e. The number of sulfonamides is 2. The highest BCUT2D eigenvalue weighted by Crippen LogP contribution is 2.25. The third-order valence-electron chi connectivity index (χ3n) is 3.18. The van der Waals surface area contributed by atoms with E-state index in [4.69, 9.17) is 4.74 Å². The summed E-state index contributed by atoms with van der Waals surface area (Å²) in [5.74, 6) is 1.24. The molecule has 2 rings (SSSR count). The Balaban J connectivity index is 2.12. The van der Waals surface area contributed by atoms with Gasteiger partial charge in [0.2, 0.25) is 20.0 Å². The van der Waals surface area contributed by atoms with E-state index in [-0.39, 0.29) is 13.1 Å². The molecule has 0 aliphatic rings. The first-order chi connectivity index (χ1) is 11.6. The Morgan fingerprint density at radius 2 is 1.44 bits per heavy atom. The van der Waals surface area contributed by atoms with Gasteiger partial charge >= 0.3 is 0 Å². The van der Waals surface area contributed by atoms with Crippen molar-refractivity contribution in [1.82, 2.24) is 4.72 Å². The molecule has 0 aromatic heterocycles. The number of anilines is 1. The van der Waals surface area contributed by atoms with E-state index in [9.17, 15) is 16.8 Å². The third-order valence-corrected chi connectivity index (χ3v) is 5.11. The molecule has 0 aliphatic heterocycles. The van der Waals surface area contributed by atoms with E-state index in [0.29, 0.717) is 17.2 Å². The van der Waals surface area contributed by atoms with Crippen LogP contribution in [-0.2, 0) is 20.0 Å². The van der Waals surface area contributed by atoms with Crippen molar-refractivity contribution in [3.63, 3.8) is 0 Å². The molecule has 0 amide bonds. The first-order valence-corrected chi connectivity index (χ1v) is 11.1. The second-order valence-electron chi connectivity index (χ2n) is 5.41. The van der Waals surface area contributed by atoms with Gasteiger partial charge in [-0.2, -0.15) is 0 Å². The summed E-state index contributed by atoms with van der Waals surface area (Å²) in [6.45, 7) is -0.0288. The molecule has 25 heavy (non-hydrogen) atoms. The predicted molar refractivity (Wildman–Crippen MR) is 98.0 cm³/mol. The molecule has 0 fully saturated rings. The van der Waals surface area contributed by atoms with Crippen LogP contribution in [0.5, 0.6) is 11.5 Å². The maximum atomic E-state index is 12.0. The minimum atomic E-state index is -3.55. The second-order valence-corrected chi connectivity index (χ2v) is 9.15. The van der Waals surface area contributed by atoms with Crippen LogP contribution in [0.2, 0.25) is 0 Å². The van der Waals surface area contributed by atoms with E-state index in [2.05, 4.69) is 4.72 Å². The first-order valence-electron chi connectivity index (χ1n) is 7.40. The van der Waals surface area contributed by atoms with Crippen LogP contribution in [0.4, 0.5) is 5.69 Å². The van der Waals surface area contributed by atoms with Crippen LogP contribution >= 0.6 is 0 Å². The summed E-state index contributed by atoms with van der Waals surface area (Å²) in [5.41, 5.74) is 0.429. The Morgan fingerprint density at radius 3 is 1.96 bits per heavy atom. The molecule has 0 saturated heterocycles. The fraction of sp³-hybridized carbons (Fsp3) is 0.250. The number of hydrogen-bond acceptors (Lipinski definition) is 5. The van der Waals surface area contributed by atoms with E-state index in [1.807, 2.05) is 30.3 Å². The van der Waals surface area contributed by atoms with Gasteiger partial charge in [-0.15, -0.1) is 0 Å². The Kier molecular flexibility index (Phi) is 6.04. The molecule has 0 radical (unpaired) electrons. The molecule has 1 N–H and O–H groups in total. The van der Waals surface area contributed by atoms with Crippen molar-refractivity contribution in [1.29, 1.82) is 0 Å². The average Bonchev–Trinajstić information content (AvgIpc) is 2.51. The quantitative estimate of drug-likeness (QED) is 0.749. The summed E-state index contributed by atoms with van der Waals surface area (Å²) in [7, 11) is -6.93. The number of rotatable bonds is 8. The van der Waals surface area contributed by atoms with E-state index in [1.165, 1.54) is 0 Å². The smallest absolute Gasteiger partial charge is 0.232 e. The lowest BCUT2D eigenvalue weighted by molar-refractivity contribution is 0.482. The average molecular weight is 384 g/mol. The lowest BCUT2D eigenvalue weighted by Gasteiger charge is -2.22. The SMILES string of the molecule is CS(=O)(=O)NCCN(c1ccc(Oc2ccccc2)cc1)S(C)(=O)=O. The predicted octanol–water partition coefficient (Wildman–Crippen LogP) is 1.79. The van der Waals surface area contributed by atoms with Crippen molar-refractivity contribution in [3.05, 3.63) is 54.6 Å². The van der Waals surface area contributed by atoms with Gasteiger partial charge < -0.3 is 4.74 Å². The lowest BCUT2D eigenvalue weighted by Crippen LogP contribution is -2.37. The van der Waals surface area contributed by atoms with E-state index < -0.39 is 20.0 Å². The molecular weight excluding hydrogens is 364 g/mol. The molecule has 0 heterocycles. The summed E-state index contributed by atoms with van der Waals surface area (Å²) >= 11 is 0. The number of hydrogen-bond donors (Lipinski definition) is 1. The molecule has 7 nitrogen and oxygen atoms in total. The molecule has 2 aromatic rings. The molecule has 0 bridgehead atoms. The number of ether oxygens (including phenoxy) is 1. The summed E-state index contributed by atoms with van der Waals surface area (Å²) in [6, 6.07) is 15.7. The standard InChI is InChI=1S/C16H20N2O5S2/c1-24(19,20)17-12-13-18(25(2,21)22)14-8-10-16(11-9-14)23-15-6-4-3-5-7-15/h3-11,17H,12-13H2,1-2H3. The van der Waals surface area contributed by atoms with Crippen LogP contribution in [-0.4, -0.2) is 42.4 Å². The monoisotopic (exact) mass is 384 g/mol. The molecular formula is C16H20N2O5S2. The summed E-state index contributed by atoms with van der Waals surface area (Å²) in [5, 5.41) is 0. The molecule has 0 spiro atoms. The van der Waals surface area contributed by atoms with E-state index >= 15 is 0 Å². The van der Waals surface area contributed by atoms with E-state index in [0.717, 1.165) is 16.8 Å². The Hall–Kier alpha value is -2.10. The Morgan fingerprint density at radius 1 is 0.880 bits per heavy atom. The molecule has 136 valence electrons. The van der Waals surface area contributed by atoms with Crippen molar-refractivity contribution in [2.24, 2.45) is 0 Å².